The fourth-order valence-electron chi connectivity index (χ4n) is 4.41. The smallest absolute Gasteiger partial charge is 0.387 e. The minimum Gasteiger partial charge on any atom is -0.470 e. The molecule has 1 saturated heterocycles. The van der Waals surface area contributed by atoms with Crippen molar-refractivity contribution in [3.05, 3.63) is 65.7 Å². The zero-order valence-electron chi connectivity index (χ0n) is 16.1. The lowest BCUT2D eigenvalue weighted by atomic mass is 9.93. The standard InChI is InChI=1S/C22H23F2N3O2/c1-26-12-10-22(11-13-26)27-19(17-4-2-3-5-20(17)29-22)14-18(25-27)15-6-8-16(9-7-15)28-21(23)24/h2-9,14,19,21,25H,10-13H2,1H3/t19-/m0/s1. The van der Waals surface area contributed by atoms with Crippen molar-refractivity contribution >= 4 is 5.70 Å². The second kappa shape index (κ2) is 7.00. The SMILES string of the molecule is CN1CCC2(CC1)Oc1ccccc1[C@@H]1C=C(c3ccc(OC(F)F)cc3)NN12. The van der Waals surface area contributed by atoms with E-state index in [1.807, 2.05) is 18.2 Å². The normalized spacial score (nSPS) is 23.2. The third-order valence-corrected chi connectivity index (χ3v) is 5.98. The number of piperidine rings is 1. The van der Waals surface area contributed by atoms with Gasteiger partial charge in [0.1, 0.15) is 11.5 Å². The Labute approximate surface area is 168 Å². The molecule has 7 heteroatoms. The Morgan fingerprint density at radius 3 is 2.55 bits per heavy atom. The first kappa shape index (κ1) is 18.4. The van der Waals surface area contributed by atoms with Gasteiger partial charge in [0, 0.05) is 31.5 Å². The van der Waals surface area contributed by atoms with Gasteiger partial charge in [-0.05, 0) is 49.0 Å². The summed E-state index contributed by atoms with van der Waals surface area (Å²) in [4.78, 5) is 2.32. The Hall–Kier alpha value is -2.64. The van der Waals surface area contributed by atoms with Crippen LogP contribution in [-0.2, 0) is 0 Å². The minimum absolute atomic E-state index is 0.0512. The van der Waals surface area contributed by atoms with E-state index in [1.54, 1.807) is 24.3 Å². The first-order chi connectivity index (χ1) is 14.0. The van der Waals surface area contributed by atoms with Crippen molar-refractivity contribution in [3.8, 4) is 11.5 Å². The number of hydrogen-bond donors (Lipinski definition) is 1. The number of halogens is 2. The van der Waals surface area contributed by atoms with Crippen molar-refractivity contribution in [2.75, 3.05) is 20.1 Å². The van der Waals surface area contributed by atoms with E-state index in [4.69, 9.17) is 4.74 Å². The van der Waals surface area contributed by atoms with Crippen molar-refractivity contribution < 1.29 is 18.3 Å². The molecule has 1 atom stereocenters. The number of benzene rings is 2. The molecule has 1 spiro atoms. The fourth-order valence-corrected chi connectivity index (χ4v) is 4.41. The highest BCUT2D eigenvalue weighted by Crippen LogP contribution is 2.48. The van der Waals surface area contributed by atoms with Crippen LogP contribution in [0.15, 0.2) is 54.6 Å². The van der Waals surface area contributed by atoms with Crippen molar-refractivity contribution in [3.63, 3.8) is 0 Å². The van der Waals surface area contributed by atoms with Crippen LogP contribution < -0.4 is 14.9 Å². The predicted octanol–water partition coefficient (Wildman–Crippen LogP) is 4.00. The highest BCUT2D eigenvalue weighted by atomic mass is 19.3. The largest absolute Gasteiger partial charge is 0.470 e. The summed E-state index contributed by atoms with van der Waals surface area (Å²) in [5.74, 6) is 1.08. The van der Waals surface area contributed by atoms with E-state index in [0.29, 0.717) is 0 Å². The highest BCUT2D eigenvalue weighted by Gasteiger charge is 2.51. The first-order valence-corrected chi connectivity index (χ1v) is 9.84. The summed E-state index contributed by atoms with van der Waals surface area (Å²) in [7, 11) is 2.13. The molecule has 0 unspecified atom stereocenters. The number of nitrogens with zero attached hydrogens (tertiary/aromatic N) is 2. The molecule has 0 radical (unpaired) electrons. The Balaban J connectivity index is 1.48. The molecule has 0 saturated carbocycles. The number of hydrazine groups is 1. The first-order valence-electron chi connectivity index (χ1n) is 9.84. The molecule has 0 aromatic heterocycles. The van der Waals surface area contributed by atoms with Gasteiger partial charge in [-0.2, -0.15) is 13.8 Å². The molecule has 29 heavy (non-hydrogen) atoms. The van der Waals surface area contributed by atoms with Crippen LogP contribution in [0.2, 0.25) is 0 Å². The molecule has 3 aliphatic rings. The molecule has 2 aromatic rings. The number of hydrogen-bond acceptors (Lipinski definition) is 5. The number of rotatable bonds is 3. The monoisotopic (exact) mass is 399 g/mol. The molecule has 152 valence electrons. The van der Waals surface area contributed by atoms with Gasteiger partial charge < -0.3 is 19.8 Å². The van der Waals surface area contributed by atoms with Crippen molar-refractivity contribution in [1.82, 2.24) is 15.3 Å². The Morgan fingerprint density at radius 1 is 1.10 bits per heavy atom. The van der Waals surface area contributed by atoms with Gasteiger partial charge >= 0.3 is 6.61 Å². The second-order valence-corrected chi connectivity index (χ2v) is 7.80. The van der Waals surface area contributed by atoms with Gasteiger partial charge in [-0.1, -0.05) is 18.2 Å². The topological polar surface area (TPSA) is 37.0 Å². The summed E-state index contributed by atoms with van der Waals surface area (Å²) in [6, 6.07) is 14.9. The summed E-state index contributed by atoms with van der Waals surface area (Å²) in [6.07, 6.45) is 3.97. The number of likely N-dealkylation sites (tertiary alicyclic amines) is 1. The maximum absolute atomic E-state index is 12.4. The molecule has 0 bridgehead atoms. The van der Waals surface area contributed by atoms with Gasteiger partial charge in [0.15, 0.2) is 5.72 Å². The molecular weight excluding hydrogens is 376 g/mol. The summed E-state index contributed by atoms with van der Waals surface area (Å²) < 4.78 is 35.9. The summed E-state index contributed by atoms with van der Waals surface area (Å²) in [5, 5.41) is 2.22. The van der Waals surface area contributed by atoms with Crippen LogP contribution in [0.25, 0.3) is 5.70 Å². The molecule has 5 nitrogen and oxygen atoms in total. The molecule has 5 rings (SSSR count). The van der Waals surface area contributed by atoms with Crippen molar-refractivity contribution in [2.45, 2.75) is 31.2 Å². The van der Waals surface area contributed by atoms with E-state index < -0.39 is 12.3 Å². The number of alkyl halides is 2. The maximum Gasteiger partial charge on any atom is 0.387 e. The molecule has 3 aliphatic heterocycles. The average Bonchev–Trinajstić information content (AvgIpc) is 3.17. The molecule has 1 N–H and O–H groups in total. The summed E-state index contributed by atoms with van der Waals surface area (Å²) in [5.41, 5.74) is 6.12. The summed E-state index contributed by atoms with van der Waals surface area (Å²) >= 11 is 0. The maximum atomic E-state index is 12.4. The Bertz CT molecular complexity index is 924. The predicted molar refractivity (Wildman–Crippen MR) is 105 cm³/mol. The van der Waals surface area contributed by atoms with E-state index >= 15 is 0 Å². The number of ether oxygens (including phenoxy) is 2. The lowest BCUT2D eigenvalue weighted by Gasteiger charge is -2.51. The lowest BCUT2D eigenvalue weighted by Crippen LogP contribution is -2.63. The zero-order valence-corrected chi connectivity index (χ0v) is 16.1. The summed E-state index contributed by atoms with van der Waals surface area (Å²) in [6.45, 7) is -0.902. The molecule has 3 heterocycles. The Morgan fingerprint density at radius 2 is 1.83 bits per heavy atom. The number of para-hydroxylation sites is 1. The fraction of sp³-hybridized carbons (Fsp3) is 0.364. The van der Waals surface area contributed by atoms with E-state index in [2.05, 4.69) is 39.3 Å². The molecule has 1 fully saturated rings. The van der Waals surface area contributed by atoms with E-state index in [1.165, 1.54) is 0 Å². The third-order valence-electron chi connectivity index (χ3n) is 5.98. The van der Waals surface area contributed by atoms with Crippen LogP contribution in [0.5, 0.6) is 11.5 Å². The highest BCUT2D eigenvalue weighted by molar-refractivity contribution is 5.68. The van der Waals surface area contributed by atoms with Gasteiger partial charge in [0.05, 0.1) is 11.7 Å². The average molecular weight is 399 g/mol. The van der Waals surface area contributed by atoms with E-state index in [-0.39, 0.29) is 11.8 Å². The van der Waals surface area contributed by atoms with Crippen LogP contribution in [0, 0.1) is 0 Å². The minimum atomic E-state index is -2.82. The van der Waals surface area contributed by atoms with Crippen LogP contribution >= 0.6 is 0 Å². The van der Waals surface area contributed by atoms with Crippen LogP contribution in [0.1, 0.15) is 30.0 Å². The van der Waals surface area contributed by atoms with E-state index in [9.17, 15) is 8.78 Å². The van der Waals surface area contributed by atoms with Crippen molar-refractivity contribution in [2.24, 2.45) is 0 Å². The van der Waals surface area contributed by atoms with E-state index in [0.717, 1.165) is 48.5 Å². The van der Waals surface area contributed by atoms with Gasteiger partial charge in [0.25, 0.3) is 0 Å². The Kier molecular flexibility index (Phi) is 4.44. The third kappa shape index (κ3) is 3.24. The number of nitrogens with one attached hydrogen (secondary N) is 1. The second-order valence-electron chi connectivity index (χ2n) is 7.80. The quantitative estimate of drug-likeness (QED) is 0.844. The van der Waals surface area contributed by atoms with Crippen molar-refractivity contribution in [1.29, 1.82) is 0 Å². The molecule has 0 aliphatic carbocycles. The molecule has 0 amide bonds. The zero-order chi connectivity index (χ0) is 20.0. The van der Waals surface area contributed by atoms with Crippen LogP contribution in [0.3, 0.4) is 0 Å². The van der Waals surface area contributed by atoms with Gasteiger partial charge in [0.2, 0.25) is 0 Å². The van der Waals surface area contributed by atoms with Gasteiger partial charge in [-0.25, -0.2) is 0 Å². The molecule has 2 aromatic carbocycles. The van der Waals surface area contributed by atoms with Gasteiger partial charge in [-0.3, -0.25) is 0 Å². The lowest BCUT2D eigenvalue weighted by molar-refractivity contribution is -0.157. The molecular formula is C22H23F2N3O2. The van der Waals surface area contributed by atoms with Crippen LogP contribution in [-0.4, -0.2) is 42.4 Å². The van der Waals surface area contributed by atoms with Gasteiger partial charge in [-0.15, -0.1) is 0 Å². The number of fused-ring (bicyclic) bond motifs is 4. The van der Waals surface area contributed by atoms with Crippen LogP contribution in [0.4, 0.5) is 8.78 Å².